The largest absolute Gasteiger partial charge is 0.412 e. The first-order valence-corrected chi connectivity index (χ1v) is 7.41. The molecule has 1 aliphatic carbocycles. The van der Waals surface area contributed by atoms with Crippen LogP contribution in [0.25, 0.3) is 10.9 Å². The number of fused-ring (bicyclic) bond motifs is 3. The Bertz CT molecular complexity index is 823. The molecule has 0 radical (unpaired) electrons. The highest BCUT2D eigenvalue weighted by Gasteiger charge is 2.26. The summed E-state index contributed by atoms with van der Waals surface area (Å²) in [6, 6.07) is 17.5. The minimum atomic E-state index is -0.398. The summed E-state index contributed by atoms with van der Waals surface area (Å²) in [6.07, 6.45) is 1.25. The molecule has 0 saturated carbocycles. The van der Waals surface area contributed by atoms with E-state index in [1.807, 2.05) is 30.3 Å². The van der Waals surface area contributed by atoms with E-state index in [-0.39, 0.29) is 6.04 Å². The van der Waals surface area contributed by atoms with E-state index in [1.54, 1.807) is 12.1 Å². The number of carbonyl (C=O) groups excluding carboxylic acids is 1. The van der Waals surface area contributed by atoms with Gasteiger partial charge >= 0.3 is 6.09 Å². The molecule has 1 aromatic heterocycles. The number of hydrogen-bond acceptors (Lipinski definition) is 2. The maximum Gasteiger partial charge on any atom is 0.412 e. The summed E-state index contributed by atoms with van der Waals surface area (Å²) in [6.45, 7) is 0. The van der Waals surface area contributed by atoms with E-state index in [2.05, 4.69) is 22.4 Å². The van der Waals surface area contributed by atoms with E-state index in [0.717, 1.165) is 18.4 Å². The molecule has 1 aliphatic rings. The Labute approximate surface area is 128 Å². The highest BCUT2D eigenvalue weighted by atomic mass is 16.6. The zero-order valence-electron chi connectivity index (χ0n) is 12.0. The molecule has 3 aromatic rings. The van der Waals surface area contributed by atoms with Gasteiger partial charge in [-0.2, -0.15) is 0 Å². The first kappa shape index (κ1) is 13.0. The normalized spacial score (nSPS) is 16.5. The number of amides is 1. The lowest BCUT2D eigenvalue weighted by Gasteiger charge is -2.12. The Morgan fingerprint density at radius 2 is 1.82 bits per heavy atom. The van der Waals surface area contributed by atoms with Gasteiger partial charge < -0.3 is 15.0 Å². The van der Waals surface area contributed by atoms with Crippen molar-refractivity contribution in [2.24, 2.45) is 0 Å². The van der Waals surface area contributed by atoms with E-state index in [1.165, 1.54) is 16.6 Å². The number of aromatic nitrogens is 1. The lowest BCUT2D eigenvalue weighted by molar-refractivity contribution is 0.196. The van der Waals surface area contributed by atoms with E-state index in [9.17, 15) is 4.79 Å². The van der Waals surface area contributed by atoms with Gasteiger partial charge in [0.1, 0.15) is 5.75 Å². The third kappa shape index (κ3) is 2.33. The second-order valence-corrected chi connectivity index (χ2v) is 5.58. The average Bonchev–Trinajstić information content (AvgIpc) is 3.05. The van der Waals surface area contributed by atoms with Crippen LogP contribution in [0.5, 0.6) is 5.75 Å². The molecule has 0 aliphatic heterocycles. The van der Waals surface area contributed by atoms with E-state index >= 15 is 0 Å². The number of ether oxygens (including phenoxy) is 1. The fourth-order valence-corrected chi connectivity index (χ4v) is 3.12. The van der Waals surface area contributed by atoms with Gasteiger partial charge in [-0.15, -0.1) is 0 Å². The van der Waals surface area contributed by atoms with Crippen LogP contribution in [0, 0.1) is 0 Å². The number of rotatable bonds is 2. The summed E-state index contributed by atoms with van der Waals surface area (Å²) >= 11 is 0. The monoisotopic (exact) mass is 292 g/mol. The predicted molar refractivity (Wildman–Crippen MR) is 85.1 cm³/mol. The molecule has 4 rings (SSSR count). The number of para-hydroxylation sites is 2. The van der Waals surface area contributed by atoms with E-state index in [0.29, 0.717) is 5.75 Å². The van der Waals surface area contributed by atoms with Crippen molar-refractivity contribution in [2.75, 3.05) is 0 Å². The van der Waals surface area contributed by atoms with Gasteiger partial charge in [0.05, 0.1) is 0 Å². The Morgan fingerprint density at radius 1 is 1.05 bits per heavy atom. The van der Waals surface area contributed by atoms with Crippen LogP contribution >= 0.6 is 0 Å². The molecular weight excluding hydrogens is 276 g/mol. The topological polar surface area (TPSA) is 54.1 Å². The molecule has 1 heterocycles. The van der Waals surface area contributed by atoms with Gasteiger partial charge in [-0.25, -0.2) is 4.79 Å². The predicted octanol–water partition coefficient (Wildman–Crippen LogP) is 3.42. The Kier molecular flexibility index (Phi) is 3.07. The smallest absolute Gasteiger partial charge is 0.410 e. The number of carbonyl (C=O) groups is 1. The van der Waals surface area contributed by atoms with Crippen LogP contribution in [0.4, 0.5) is 4.79 Å². The number of benzene rings is 2. The van der Waals surface area contributed by atoms with Gasteiger partial charge in [-0.3, -0.25) is 0 Å². The standard InChI is InChI=1S/C18H16N2O2/c21-18(22-13-6-2-1-3-7-13)19-12-10-15-14-8-4-5-9-16(14)20-17(15)11-12/h1-9,12,20H,10-11H2,(H,19,21). The maximum absolute atomic E-state index is 12.0. The summed E-state index contributed by atoms with van der Waals surface area (Å²) in [5.74, 6) is 0.557. The summed E-state index contributed by atoms with van der Waals surface area (Å²) in [7, 11) is 0. The first-order valence-electron chi connectivity index (χ1n) is 7.41. The average molecular weight is 292 g/mol. The fourth-order valence-electron chi connectivity index (χ4n) is 3.12. The van der Waals surface area contributed by atoms with Crippen molar-refractivity contribution in [3.8, 4) is 5.75 Å². The molecule has 0 spiro atoms. The minimum Gasteiger partial charge on any atom is -0.410 e. The van der Waals surface area contributed by atoms with Crippen LogP contribution < -0.4 is 10.1 Å². The number of aromatic amines is 1. The van der Waals surface area contributed by atoms with E-state index < -0.39 is 6.09 Å². The molecule has 1 amide bonds. The summed E-state index contributed by atoms with van der Waals surface area (Å²) in [5.41, 5.74) is 3.68. The quantitative estimate of drug-likeness (QED) is 0.760. The molecule has 2 aromatic carbocycles. The maximum atomic E-state index is 12.0. The van der Waals surface area contributed by atoms with Crippen LogP contribution in [0.2, 0.25) is 0 Å². The molecule has 2 N–H and O–H groups in total. The number of H-pyrrole nitrogens is 1. The molecular formula is C18H16N2O2. The Morgan fingerprint density at radius 3 is 2.68 bits per heavy atom. The molecule has 4 nitrogen and oxygen atoms in total. The van der Waals surface area contributed by atoms with E-state index in [4.69, 9.17) is 4.74 Å². The van der Waals surface area contributed by atoms with Crippen molar-refractivity contribution in [1.29, 1.82) is 0 Å². The van der Waals surface area contributed by atoms with Crippen LogP contribution in [-0.2, 0) is 12.8 Å². The van der Waals surface area contributed by atoms with Gasteiger partial charge in [0.2, 0.25) is 0 Å². The first-order chi connectivity index (χ1) is 10.8. The van der Waals surface area contributed by atoms with Crippen molar-refractivity contribution in [2.45, 2.75) is 18.9 Å². The fraction of sp³-hybridized carbons (Fsp3) is 0.167. The number of hydrogen-bond donors (Lipinski definition) is 2. The highest BCUT2D eigenvalue weighted by Crippen LogP contribution is 2.29. The Balaban J connectivity index is 1.44. The van der Waals surface area contributed by atoms with Crippen LogP contribution in [0.1, 0.15) is 11.3 Å². The van der Waals surface area contributed by atoms with Crippen LogP contribution in [0.3, 0.4) is 0 Å². The molecule has 0 fully saturated rings. The molecule has 1 atom stereocenters. The zero-order valence-corrected chi connectivity index (χ0v) is 12.0. The summed E-state index contributed by atoms with van der Waals surface area (Å²) < 4.78 is 5.28. The van der Waals surface area contributed by atoms with Crippen molar-refractivity contribution in [3.63, 3.8) is 0 Å². The van der Waals surface area contributed by atoms with Gasteiger partial charge in [-0.1, -0.05) is 36.4 Å². The third-order valence-corrected chi connectivity index (χ3v) is 4.08. The van der Waals surface area contributed by atoms with Gasteiger partial charge in [0.25, 0.3) is 0 Å². The van der Waals surface area contributed by atoms with Gasteiger partial charge in [-0.05, 0) is 30.2 Å². The minimum absolute atomic E-state index is 0.0852. The molecule has 4 heteroatoms. The second kappa shape index (κ2) is 5.22. The highest BCUT2D eigenvalue weighted by molar-refractivity contribution is 5.85. The van der Waals surface area contributed by atoms with Crippen LogP contribution in [0.15, 0.2) is 54.6 Å². The summed E-state index contributed by atoms with van der Waals surface area (Å²) in [5, 5.41) is 4.19. The van der Waals surface area contributed by atoms with Gasteiger partial charge in [0, 0.05) is 29.1 Å². The SMILES string of the molecule is O=C(NC1Cc2[nH]c3ccccc3c2C1)Oc1ccccc1. The van der Waals surface area contributed by atoms with Crippen molar-refractivity contribution < 1.29 is 9.53 Å². The van der Waals surface area contributed by atoms with Crippen LogP contribution in [-0.4, -0.2) is 17.1 Å². The Hall–Kier alpha value is -2.75. The molecule has 1 unspecified atom stereocenters. The summed E-state index contributed by atoms with van der Waals surface area (Å²) in [4.78, 5) is 15.4. The molecule has 22 heavy (non-hydrogen) atoms. The van der Waals surface area contributed by atoms with Crippen molar-refractivity contribution in [1.82, 2.24) is 10.3 Å². The zero-order chi connectivity index (χ0) is 14.9. The third-order valence-electron chi connectivity index (χ3n) is 4.08. The van der Waals surface area contributed by atoms with Crippen molar-refractivity contribution >= 4 is 17.0 Å². The lowest BCUT2D eigenvalue weighted by atomic mass is 10.1. The molecule has 110 valence electrons. The molecule has 0 saturated heterocycles. The van der Waals surface area contributed by atoms with Crippen molar-refractivity contribution in [3.05, 3.63) is 65.9 Å². The van der Waals surface area contributed by atoms with Gasteiger partial charge in [0.15, 0.2) is 0 Å². The second-order valence-electron chi connectivity index (χ2n) is 5.58. The molecule has 0 bridgehead atoms. The number of nitrogens with one attached hydrogen (secondary N) is 2. The lowest BCUT2D eigenvalue weighted by Crippen LogP contribution is -2.37.